The van der Waals surface area contributed by atoms with Crippen LogP contribution in [0.2, 0.25) is 0 Å². The predicted molar refractivity (Wildman–Crippen MR) is 123 cm³/mol. The van der Waals surface area contributed by atoms with Gasteiger partial charge in [0.2, 0.25) is 11.8 Å². The van der Waals surface area contributed by atoms with Gasteiger partial charge in [0.05, 0.1) is 12.1 Å². The number of amides is 2. The molecule has 1 saturated heterocycles. The van der Waals surface area contributed by atoms with E-state index in [1.165, 1.54) is 36.9 Å². The Bertz CT molecular complexity index is 1100. The number of rotatable bonds is 6. The van der Waals surface area contributed by atoms with Gasteiger partial charge >= 0.3 is 0 Å². The molecule has 2 aliphatic heterocycles. The minimum atomic E-state index is 0.134. The van der Waals surface area contributed by atoms with Crippen LogP contribution in [0.15, 0.2) is 0 Å². The molecule has 4 heterocycles. The van der Waals surface area contributed by atoms with E-state index in [9.17, 15) is 9.59 Å². The summed E-state index contributed by atoms with van der Waals surface area (Å²) in [5, 5.41) is 7.67. The topological polar surface area (TPSA) is 95.1 Å². The molecule has 1 atom stereocenters. The third kappa shape index (κ3) is 3.93. The van der Waals surface area contributed by atoms with Gasteiger partial charge < -0.3 is 4.90 Å². The van der Waals surface area contributed by atoms with E-state index in [1.54, 1.807) is 0 Å². The van der Waals surface area contributed by atoms with Gasteiger partial charge in [-0.15, -0.1) is 0 Å². The van der Waals surface area contributed by atoms with Crippen LogP contribution in [-0.4, -0.2) is 56.5 Å². The normalized spacial score (nSPS) is 22.1. The summed E-state index contributed by atoms with van der Waals surface area (Å²) in [6.07, 6.45) is 9.50. The van der Waals surface area contributed by atoms with Crippen LogP contribution in [0.3, 0.4) is 0 Å². The molecule has 6 rings (SSSR count). The molecule has 2 fully saturated rings. The number of carbonyl (C=O) groups excluding carboxylic acids is 2. The molecule has 8 nitrogen and oxygen atoms in total. The lowest BCUT2D eigenvalue weighted by molar-refractivity contribution is -0.130. The van der Waals surface area contributed by atoms with E-state index < -0.39 is 0 Å². The highest BCUT2D eigenvalue weighted by Gasteiger charge is 2.37. The van der Waals surface area contributed by atoms with E-state index in [-0.39, 0.29) is 17.7 Å². The Morgan fingerprint density at radius 1 is 1.12 bits per heavy atom. The van der Waals surface area contributed by atoms with E-state index >= 15 is 0 Å². The summed E-state index contributed by atoms with van der Waals surface area (Å²) >= 11 is 0. The third-order valence-electron chi connectivity index (χ3n) is 7.86. The number of carbonyl (C=O) groups is 2. The summed E-state index contributed by atoms with van der Waals surface area (Å²) in [7, 11) is 0. The molecule has 0 radical (unpaired) electrons. The van der Waals surface area contributed by atoms with Crippen molar-refractivity contribution in [2.75, 3.05) is 24.5 Å². The number of hydrogen-bond donors (Lipinski definition) is 1. The Morgan fingerprint density at radius 2 is 1.97 bits per heavy atom. The van der Waals surface area contributed by atoms with Gasteiger partial charge in [0.15, 0.2) is 0 Å². The first-order valence-electron chi connectivity index (χ1n) is 12.6. The molecule has 1 saturated carbocycles. The molecule has 2 amide bonds. The molecule has 8 heteroatoms. The molecule has 0 bridgehead atoms. The fraction of sp³-hybridized carbons (Fsp3) is 0.640. The summed E-state index contributed by atoms with van der Waals surface area (Å²) in [5.41, 5.74) is 5.59. The number of nitrogens with one attached hydrogen (secondary N) is 1. The van der Waals surface area contributed by atoms with Gasteiger partial charge in [0.1, 0.15) is 11.6 Å². The molecular formula is C25H32N6O2. The lowest BCUT2D eigenvalue weighted by atomic mass is 9.94. The van der Waals surface area contributed by atoms with Gasteiger partial charge in [0, 0.05) is 55.3 Å². The fourth-order valence-electron chi connectivity index (χ4n) is 5.66. The van der Waals surface area contributed by atoms with Crippen molar-refractivity contribution in [1.82, 2.24) is 25.1 Å². The summed E-state index contributed by atoms with van der Waals surface area (Å²) in [6, 6.07) is 0. The van der Waals surface area contributed by atoms with Gasteiger partial charge in [0.25, 0.3) is 0 Å². The zero-order valence-corrected chi connectivity index (χ0v) is 19.4. The van der Waals surface area contributed by atoms with Crippen LogP contribution >= 0.6 is 0 Å². The zero-order valence-electron chi connectivity index (χ0n) is 19.4. The lowest BCUT2D eigenvalue weighted by Crippen LogP contribution is -2.30. The average molecular weight is 449 g/mol. The van der Waals surface area contributed by atoms with Crippen LogP contribution in [0, 0.1) is 12.8 Å². The molecule has 0 spiro atoms. The first-order valence-corrected chi connectivity index (χ1v) is 12.6. The summed E-state index contributed by atoms with van der Waals surface area (Å²) < 4.78 is 0. The second kappa shape index (κ2) is 8.22. The molecule has 1 unspecified atom stereocenters. The Morgan fingerprint density at radius 3 is 2.82 bits per heavy atom. The van der Waals surface area contributed by atoms with E-state index in [0.29, 0.717) is 31.7 Å². The highest BCUT2D eigenvalue weighted by molar-refractivity contribution is 6.00. The minimum Gasteiger partial charge on any atom is -0.342 e. The molecular weight excluding hydrogens is 416 g/mol. The van der Waals surface area contributed by atoms with Crippen molar-refractivity contribution in [1.29, 1.82) is 0 Å². The highest BCUT2D eigenvalue weighted by atomic mass is 16.2. The molecule has 2 aromatic rings. The fourth-order valence-corrected chi connectivity index (χ4v) is 5.66. The summed E-state index contributed by atoms with van der Waals surface area (Å²) in [6.45, 7) is 4.17. The van der Waals surface area contributed by atoms with Crippen molar-refractivity contribution in [3.8, 4) is 0 Å². The van der Waals surface area contributed by atoms with Crippen molar-refractivity contribution >= 4 is 17.6 Å². The van der Waals surface area contributed by atoms with Gasteiger partial charge in [-0.3, -0.25) is 19.6 Å². The van der Waals surface area contributed by atoms with E-state index in [4.69, 9.17) is 9.97 Å². The van der Waals surface area contributed by atoms with Gasteiger partial charge in [-0.05, 0) is 63.4 Å². The zero-order chi connectivity index (χ0) is 22.5. The second-order valence-electron chi connectivity index (χ2n) is 10.3. The minimum absolute atomic E-state index is 0.134. The number of likely N-dealkylation sites (tertiary alicyclic amines) is 1. The molecule has 33 heavy (non-hydrogen) atoms. The quantitative estimate of drug-likeness (QED) is 0.733. The van der Waals surface area contributed by atoms with Crippen molar-refractivity contribution in [2.45, 2.75) is 77.0 Å². The van der Waals surface area contributed by atoms with Crippen molar-refractivity contribution in [3.63, 3.8) is 0 Å². The first-order chi connectivity index (χ1) is 16.1. The third-order valence-corrected chi connectivity index (χ3v) is 7.86. The number of aromatic amines is 1. The van der Waals surface area contributed by atoms with Gasteiger partial charge in [-0.2, -0.15) is 5.10 Å². The number of aryl methyl sites for hydroxylation is 3. The Kier molecular flexibility index (Phi) is 5.18. The standard InChI is InChI=1S/C25H32N6O2/c1-15-19-12-23(33)31(13-16-6-7-16)25(19)27-24(26-15)17-10-11-30(14-17)22(32)9-8-21-18-4-2-3-5-20(18)28-29-21/h16-17H,2-14H2,1H3,(H,28,29). The Hall–Kier alpha value is -2.77. The number of anilines is 1. The summed E-state index contributed by atoms with van der Waals surface area (Å²) in [4.78, 5) is 39.0. The second-order valence-corrected chi connectivity index (χ2v) is 10.3. The van der Waals surface area contributed by atoms with Gasteiger partial charge in [-0.25, -0.2) is 9.97 Å². The van der Waals surface area contributed by atoms with Crippen molar-refractivity contribution in [2.24, 2.45) is 5.92 Å². The monoisotopic (exact) mass is 448 g/mol. The van der Waals surface area contributed by atoms with Crippen LogP contribution in [-0.2, 0) is 35.3 Å². The number of hydrogen-bond acceptors (Lipinski definition) is 5. The van der Waals surface area contributed by atoms with Crippen molar-refractivity contribution < 1.29 is 9.59 Å². The number of H-pyrrole nitrogens is 1. The molecule has 174 valence electrons. The first kappa shape index (κ1) is 20.8. The number of aromatic nitrogens is 4. The highest BCUT2D eigenvalue weighted by Crippen LogP contribution is 2.37. The largest absolute Gasteiger partial charge is 0.342 e. The van der Waals surface area contributed by atoms with Gasteiger partial charge in [-0.1, -0.05) is 0 Å². The Labute approximate surface area is 194 Å². The van der Waals surface area contributed by atoms with Crippen LogP contribution in [0.4, 0.5) is 5.82 Å². The molecule has 4 aliphatic rings. The van der Waals surface area contributed by atoms with Crippen LogP contribution in [0.1, 0.15) is 78.5 Å². The smallest absolute Gasteiger partial charge is 0.232 e. The molecule has 2 aromatic heterocycles. The van der Waals surface area contributed by atoms with Crippen LogP contribution < -0.4 is 4.90 Å². The maximum Gasteiger partial charge on any atom is 0.232 e. The lowest BCUT2D eigenvalue weighted by Gasteiger charge is -2.19. The maximum absolute atomic E-state index is 13.0. The molecule has 2 aliphatic carbocycles. The molecule has 0 aromatic carbocycles. The average Bonchev–Trinajstić information content (AvgIpc) is 3.20. The predicted octanol–water partition coefficient (Wildman–Crippen LogP) is 2.63. The van der Waals surface area contributed by atoms with Crippen molar-refractivity contribution in [3.05, 3.63) is 34.0 Å². The maximum atomic E-state index is 13.0. The molecule has 1 N–H and O–H groups in total. The number of fused-ring (bicyclic) bond motifs is 2. The Balaban J connectivity index is 1.12. The van der Waals surface area contributed by atoms with E-state index in [1.807, 2.05) is 16.7 Å². The van der Waals surface area contributed by atoms with E-state index in [2.05, 4.69) is 10.2 Å². The summed E-state index contributed by atoms with van der Waals surface area (Å²) in [5.74, 6) is 2.71. The van der Waals surface area contributed by atoms with Crippen LogP contribution in [0.5, 0.6) is 0 Å². The SMILES string of the molecule is Cc1nc(C2CCN(C(=O)CCc3n[nH]c4c3CCCC4)C2)nc2c1CC(=O)N2CC1CC1. The van der Waals surface area contributed by atoms with Crippen LogP contribution in [0.25, 0.3) is 0 Å². The number of nitrogens with zero attached hydrogens (tertiary/aromatic N) is 5. The van der Waals surface area contributed by atoms with E-state index in [0.717, 1.165) is 60.9 Å².